The molecule has 1 aliphatic heterocycles. The Balaban J connectivity index is 1.92. The highest BCUT2D eigenvalue weighted by Crippen LogP contribution is 2.31. The summed E-state index contributed by atoms with van der Waals surface area (Å²) in [6.07, 6.45) is 0.768. The molecule has 3 amide bonds. The molecular weight excluding hydrogens is 334 g/mol. The van der Waals surface area contributed by atoms with Crippen LogP contribution in [0.25, 0.3) is 0 Å². The van der Waals surface area contributed by atoms with Gasteiger partial charge in [-0.1, -0.05) is 6.92 Å². The van der Waals surface area contributed by atoms with Gasteiger partial charge in [-0.15, -0.1) is 5.10 Å². The van der Waals surface area contributed by atoms with Crippen molar-refractivity contribution in [2.24, 2.45) is 0 Å². The van der Waals surface area contributed by atoms with E-state index in [1.54, 1.807) is 0 Å². The molecule has 2 heterocycles. The number of hydrogen-bond acceptors (Lipinski definition) is 5. The lowest BCUT2D eigenvalue weighted by Crippen LogP contribution is -2.41. The number of benzene rings is 1. The third kappa shape index (κ3) is 2.83. The van der Waals surface area contributed by atoms with Crippen LogP contribution in [-0.2, 0) is 23.4 Å². The number of nitrogens with one attached hydrogen (secondary N) is 1. The van der Waals surface area contributed by atoms with Crippen molar-refractivity contribution in [3.05, 3.63) is 41.2 Å². The number of carbonyl (C=O) groups excluding carboxylic acids is 2. The first-order chi connectivity index (χ1) is 11.9. The molecular formula is C15H16F2N6O2. The topological polar surface area (TPSA) is 93.0 Å². The fraction of sp³-hybridized carbons (Fsp3) is 0.400. The Morgan fingerprint density at radius 3 is 2.76 bits per heavy atom. The summed E-state index contributed by atoms with van der Waals surface area (Å²) in [6.45, 7) is 3.63. The molecule has 1 atom stereocenters. The summed E-state index contributed by atoms with van der Waals surface area (Å²) in [6, 6.07) is 2.04. The van der Waals surface area contributed by atoms with E-state index < -0.39 is 29.1 Å². The summed E-state index contributed by atoms with van der Waals surface area (Å²) >= 11 is 0. The molecule has 132 valence electrons. The minimum atomic E-state index is -1.70. The number of amides is 3. The van der Waals surface area contributed by atoms with Crippen molar-refractivity contribution in [2.75, 3.05) is 0 Å². The number of imide groups is 1. The number of hydrogen-bond donors (Lipinski definition) is 1. The van der Waals surface area contributed by atoms with Crippen LogP contribution in [-0.4, -0.2) is 37.0 Å². The Morgan fingerprint density at radius 2 is 2.04 bits per heavy atom. The van der Waals surface area contributed by atoms with Gasteiger partial charge in [0.2, 0.25) is 0 Å². The van der Waals surface area contributed by atoms with Crippen LogP contribution in [0.2, 0.25) is 0 Å². The molecule has 0 spiro atoms. The molecule has 2 aromatic rings. The maximum Gasteiger partial charge on any atom is 0.325 e. The van der Waals surface area contributed by atoms with Gasteiger partial charge in [0.05, 0.1) is 6.54 Å². The number of rotatable bonds is 5. The van der Waals surface area contributed by atoms with Crippen LogP contribution in [0.4, 0.5) is 13.6 Å². The molecule has 1 aromatic heterocycles. The largest absolute Gasteiger partial charge is 0.325 e. The van der Waals surface area contributed by atoms with Crippen molar-refractivity contribution in [1.82, 2.24) is 30.4 Å². The Bertz CT molecular complexity index is 839. The van der Waals surface area contributed by atoms with E-state index in [1.165, 1.54) is 11.6 Å². The predicted molar refractivity (Wildman–Crippen MR) is 80.9 cm³/mol. The summed E-state index contributed by atoms with van der Waals surface area (Å²) < 4.78 is 29.1. The molecule has 0 unspecified atom stereocenters. The standard InChI is InChI=1S/C15H16F2N6O2/c1-3-6-23-12(19-20-21-23)8-22-13(24)15(2,18-14(22)25)10-7-9(16)4-5-11(10)17/h4-5,7H,3,6,8H2,1-2H3,(H,18,25)/t15-/m0/s1. The molecule has 1 saturated heterocycles. The second kappa shape index (κ2) is 6.19. The zero-order valence-electron chi connectivity index (χ0n) is 13.7. The minimum absolute atomic E-state index is 0.163. The third-order valence-electron chi connectivity index (χ3n) is 4.08. The van der Waals surface area contributed by atoms with E-state index in [0.717, 1.165) is 29.5 Å². The molecule has 25 heavy (non-hydrogen) atoms. The van der Waals surface area contributed by atoms with Gasteiger partial charge in [-0.2, -0.15) is 0 Å². The summed E-state index contributed by atoms with van der Waals surface area (Å²) in [5, 5.41) is 13.6. The van der Waals surface area contributed by atoms with Gasteiger partial charge in [0.25, 0.3) is 5.91 Å². The van der Waals surface area contributed by atoms with E-state index in [9.17, 15) is 18.4 Å². The van der Waals surface area contributed by atoms with E-state index in [-0.39, 0.29) is 12.1 Å². The minimum Gasteiger partial charge on any atom is -0.319 e. The van der Waals surface area contributed by atoms with Crippen LogP contribution in [0.5, 0.6) is 0 Å². The lowest BCUT2D eigenvalue weighted by atomic mass is 9.91. The van der Waals surface area contributed by atoms with Crippen LogP contribution in [0.1, 0.15) is 31.7 Å². The van der Waals surface area contributed by atoms with Gasteiger partial charge in [-0.25, -0.2) is 18.3 Å². The lowest BCUT2D eigenvalue weighted by molar-refractivity contribution is -0.131. The second-order valence-electron chi connectivity index (χ2n) is 5.89. The SMILES string of the molecule is CCCn1nnnc1CN1C(=O)N[C@@](C)(c2cc(F)ccc2F)C1=O. The van der Waals surface area contributed by atoms with E-state index in [0.29, 0.717) is 12.4 Å². The van der Waals surface area contributed by atoms with Gasteiger partial charge in [0.15, 0.2) is 5.82 Å². The summed E-state index contributed by atoms with van der Waals surface area (Å²) in [7, 11) is 0. The van der Waals surface area contributed by atoms with Crippen molar-refractivity contribution in [3.8, 4) is 0 Å². The second-order valence-corrected chi connectivity index (χ2v) is 5.89. The van der Waals surface area contributed by atoms with Gasteiger partial charge in [0.1, 0.15) is 17.2 Å². The Morgan fingerprint density at radius 1 is 1.28 bits per heavy atom. The van der Waals surface area contributed by atoms with E-state index in [1.807, 2.05) is 6.92 Å². The van der Waals surface area contributed by atoms with Crippen LogP contribution < -0.4 is 5.32 Å². The normalized spacial score (nSPS) is 20.2. The smallest absolute Gasteiger partial charge is 0.319 e. The molecule has 0 saturated carbocycles. The summed E-state index contributed by atoms with van der Waals surface area (Å²) in [4.78, 5) is 25.9. The first kappa shape index (κ1) is 16.9. The fourth-order valence-electron chi connectivity index (χ4n) is 2.77. The first-order valence-corrected chi connectivity index (χ1v) is 7.71. The molecule has 1 N–H and O–H groups in total. The van der Waals surface area contributed by atoms with Crippen LogP contribution >= 0.6 is 0 Å². The van der Waals surface area contributed by atoms with Gasteiger partial charge in [-0.3, -0.25) is 9.69 Å². The van der Waals surface area contributed by atoms with Crippen molar-refractivity contribution in [3.63, 3.8) is 0 Å². The molecule has 1 aromatic carbocycles. The highest BCUT2D eigenvalue weighted by molar-refractivity contribution is 6.07. The average Bonchev–Trinajstić information content (AvgIpc) is 3.09. The van der Waals surface area contributed by atoms with Crippen molar-refractivity contribution in [1.29, 1.82) is 0 Å². The Hall–Kier alpha value is -2.91. The number of nitrogens with zero attached hydrogens (tertiary/aromatic N) is 5. The zero-order chi connectivity index (χ0) is 18.2. The van der Waals surface area contributed by atoms with Gasteiger partial charge >= 0.3 is 6.03 Å². The van der Waals surface area contributed by atoms with Crippen LogP contribution in [0.3, 0.4) is 0 Å². The number of aromatic nitrogens is 4. The third-order valence-corrected chi connectivity index (χ3v) is 4.08. The van der Waals surface area contributed by atoms with E-state index in [2.05, 4.69) is 20.8 Å². The molecule has 1 fully saturated rings. The highest BCUT2D eigenvalue weighted by Gasteiger charge is 2.50. The van der Waals surface area contributed by atoms with Gasteiger partial charge < -0.3 is 5.32 Å². The number of aryl methyl sites for hydroxylation is 1. The molecule has 10 heteroatoms. The Labute approximate surface area is 141 Å². The quantitative estimate of drug-likeness (QED) is 0.821. The molecule has 3 rings (SSSR count). The number of carbonyl (C=O) groups is 2. The fourth-order valence-corrected chi connectivity index (χ4v) is 2.77. The van der Waals surface area contributed by atoms with Crippen molar-refractivity contribution >= 4 is 11.9 Å². The zero-order valence-corrected chi connectivity index (χ0v) is 13.7. The molecule has 8 nitrogen and oxygen atoms in total. The summed E-state index contributed by atoms with van der Waals surface area (Å²) in [5.41, 5.74) is -1.94. The van der Waals surface area contributed by atoms with Gasteiger partial charge in [-0.05, 0) is 42.0 Å². The molecule has 0 aliphatic carbocycles. The van der Waals surface area contributed by atoms with E-state index >= 15 is 0 Å². The monoisotopic (exact) mass is 350 g/mol. The first-order valence-electron chi connectivity index (χ1n) is 7.71. The lowest BCUT2D eigenvalue weighted by Gasteiger charge is -2.22. The highest BCUT2D eigenvalue weighted by atomic mass is 19.1. The number of halogens is 2. The van der Waals surface area contributed by atoms with Gasteiger partial charge in [0, 0.05) is 12.1 Å². The molecule has 1 aliphatic rings. The molecule has 0 radical (unpaired) electrons. The van der Waals surface area contributed by atoms with Crippen molar-refractivity contribution in [2.45, 2.75) is 38.9 Å². The van der Waals surface area contributed by atoms with Crippen molar-refractivity contribution < 1.29 is 18.4 Å². The maximum atomic E-state index is 14.1. The summed E-state index contributed by atoms with van der Waals surface area (Å²) in [5.74, 6) is -1.86. The average molecular weight is 350 g/mol. The van der Waals surface area contributed by atoms with Crippen LogP contribution in [0.15, 0.2) is 18.2 Å². The molecule has 0 bridgehead atoms. The van der Waals surface area contributed by atoms with Crippen LogP contribution in [0, 0.1) is 11.6 Å². The predicted octanol–water partition coefficient (Wildman–Crippen LogP) is 1.33. The maximum absolute atomic E-state index is 14.1. The Kier molecular flexibility index (Phi) is 4.19. The number of urea groups is 1. The number of tetrazole rings is 1. The van der Waals surface area contributed by atoms with E-state index in [4.69, 9.17) is 0 Å².